The smallest absolute Gasteiger partial charge is 0.355 e. The van der Waals surface area contributed by atoms with E-state index in [2.05, 4.69) is 5.32 Å². The van der Waals surface area contributed by atoms with Crippen LogP contribution in [0.3, 0.4) is 0 Å². The molecule has 0 aromatic heterocycles. The summed E-state index contributed by atoms with van der Waals surface area (Å²) < 4.78 is 80.7. The molecule has 7 nitrogen and oxygen atoms in total. The van der Waals surface area contributed by atoms with Gasteiger partial charge in [-0.1, -0.05) is 54.6 Å². The fourth-order valence-electron chi connectivity index (χ4n) is 4.11. The van der Waals surface area contributed by atoms with Crippen LogP contribution in [0.15, 0.2) is 78.9 Å². The number of carbonyl (C=O) groups is 2. The van der Waals surface area contributed by atoms with Crippen LogP contribution in [0.25, 0.3) is 0 Å². The largest absolute Gasteiger partial charge is 0.416 e. The number of nitrogens with one attached hydrogen (secondary N) is 1. The molecule has 12 heteroatoms. The van der Waals surface area contributed by atoms with Crippen molar-refractivity contribution in [2.45, 2.75) is 32.1 Å². The first-order valence-electron chi connectivity index (χ1n) is 12.3. The monoisotopic (exact) mass is 579 g/mol. The zero-order valence-electron chi connectivity index (χ0n) is 21.9. The summed E-state index contributed by atoms with van der Waals surface area (Å²) >= 11 is 0. The van der Waals surface area contributed by atoms with Crippen molar-refractivity contribution in [2.75, 3.05) is 23.7 Å². The lowest BCUT2D eigenvalue weighted by Crippen LogP contribution is -2.53. The highest BCUT2D eigenvalue weighted by molar-refractivity contribution is 7.92. The van der Waals surface area contributed by atoms with E-state index >= 15 is 0 Å². The molecule has 2 amide bonds. The van der Waals surface area contributed by atoms with Crippen molar-refractivity contribution < 1.29 is 35.6 Å². The van der Waals surface area contributed by atoms with Gasteiger partial charge in [0, 0.05) is 25.1 Å². The Kier molecular flexibility index (Phi) is 9.91. The number of hydrogen-bond acceptors (Lipinski definition) is 4. The van der Waals surface area contributed by atoms with Crippen molar-refractivity contribution in [1.82, 2.24) is 10.2 Å². The van der Waals surface area contributed by atoms with Gasteiger partial charge >= 0.3 is 6.18 Å². The molecule has 0 fully saturated rings. The fraction of sp³-hybridized carbons (Fsp3) is 0.286. The van der Waals surface area contributed by atoms with Crippen LogP contribution < -0.4 is 9.62 Å². The molecular weight excluding hydrogens is 550 g/mol. The second-order valence-corrected chi connectivity index (χ2v) is 10.9. The Morgan fingerprint density at radius 2 is 1.60 bits per heavy atom. The molecule has 0 aliphatic rings. The molecule has 1 atom stereocenters. The standard InChI is InChI=1S/C28H29F4N3O4S/c1-3-33-27(37)25(16-20-10-5-4-6-11-20)34(18-21-12-7-8-15-24(21)29)26(36)19-35(40(2,38)39)23-14-9-13-22(17-23)28(30,31)32/h4-15,17,25H,3,16,18-19H2,1-2H3,(H,33,37). The molecular formula is C28H29F4N3O4S. The van der Waals surface area contributed by atoms with E-state index in [4.69, 9.17) is 0 Å². The molecule has 0 radical (unpaired) electrons. The van der Waals surface area contributed by atoms with Crippen LogP contribution in [0.1, 0.15) is 23.6 Å². The molecule has 0 spiro atoms. The first-order chi connectivity index (χ1) is 18.8. The number of halogens is 4. The molecule has 3 rings (SSSR count). The van der Waals surface area contributed by atoms with Gasteiger partial charge in [0.25, 0.3) is 0 Å². The normalized spacial score (nSPS) is 12.4. The number of nitrogens with zero attached hydrogens (tertiary/aromatic N) is 2. The number of alkyl halides is 3. The number of carbonyl (C=O) groups excluding carboxylic acids is 2. The highest BCUT2D eigenvalue weighted by atomic mass is 32.2. The third-order valence-corrected chi connectivity index (χ3v) is 7.20. The van der Waals surface area contributed by atoms with E-state index in [0.29, 0.717) is 15.9 Å². The Morgan fingerprint density at radius 1 is 0.950 bits per heavy atom. The number of rotatable bonds is 11. The van der Waals surface area contributed by atoms with Crippen molar-refractivity contribution in [3.05, 3.63) is 101 Å². The number of benzene rings is 3. The summed E-state index contributed by atoms with van der Waals surface area (Å²) in [6.07, 6.45) is -3.97. The van der Waals surface area contributed by atoms with Crippen molar-refractivity contribution in [3.63, 3.8) is 0 Å². The molecule has 3 aromatic rings. The SMILES string of the molecule is CCNC(=O)C(Cc1ccccc1)N(Cc1ccccc1F)C(=O)CN(c1cccc(C(F)(F)F)c1)S(C)(=O)=O. The quantitative estimate of drug-likeness (QED) is 0.342. The first-order valence-corrected chi connectivity index (χ1v) is 14.2. The van der Waals surface area contributed by atoms with Crippen molar-refractivity contribution in [2.24, 2.45) is 0 Å². The Labute approximate surface area is 230 Å². The van der Waals surface area contributed by atoms with Crippen LogP contribution in [-0.4, -0.2) is 50.5 Å². The van der Waals surface area contributed by atoms with E-state index < -0.39 is 52.0 Å². The minimum Gasteiger partial charge on any atom is -0.355 e. The Bertz CT molecular complexity index is 1430. The average molecular weight is 580 g/mol. The maximum absolute atomic E-state index is 14.7. The van der Waals surface area contributed by atoms with Gasteiger partial charge in [-0.2, -0.15) is 13.2 Å². The zero-order chi connectivity index (χ0) is 29.5. The molecule has 3 aromatic carbocycles. The van der Waals surface area contributed by atoms with Gasteiger partial charge in [-0.05, 0) is 36.8 Å². The molecule has 40 heavy (non-hydrogen) atoms. The van der Waals surface area contributed by atoms with Crippen molar-refractivity contribution >= 4 is 27.5 Å². The summed E-state index contributed by atoms with van der Waals surface area (Å²) in [6, 6.07) is 16.7. The van der Waals surface area contributed by atoms with Crippen LogP contribution in [0.4, 0.5) is 23.2 Å². The number of anilines is 1. The van der Waals surface area contributed by atoms with E-state index in [1.54, 1.807) is 43.3 Å². The van der Waals surface area contributed by atoms with Gasteiger partial charge < -0.3 is 10.2 Å². The maximum Gasteiger partial charge on any atom is 0.416 e. The van der Waals surface area contributed by atoms with E-state index in [1.165, 1.54) is 18.2 Å². The molecule has 0 heterocycles. The van der Waals surface area contributed by atoms with Gasteiger partial charge in [0.05, 0.1) is 17.5 Å². The minimum atomic E-state index is -4.75. The van der Waals surface area contributed by atoms with Crippen LogP contribution in [0.2, 0.25) is 0 Å². The van der Waals surface area contributed by atoms with Crippen LogP contribution in [-0.2, 0) is 38.8 Å². The molecule has 0 aliphatic carbocycles. The van der Waals surface area contributed by atoms with Gasteiger partial charge in [-0.25, -0.2) is 12.8 Å². The van der Waals surface area contributed by atoms with Gasteiger partial charge in [-0.15, -0.1) is 0 Å². The third kappa shape index (κ3) is 8.04. The van der Waals surface area contributed by atoms with Gasteiger partial charge in [0.1, 0.15) is 18.4 Å². The molecule has 1 unspecified atom stereocenters. The molecule has 0 saturated carbocycles. The van der Waals surface area contributed by atoms with Crippen LogP contribution >= 0.6 is 0 Å². The fourth-order valence-corrected chi connectivity index (χ4v) is 4.95. The average Bonchev–Trinajstić information content (AvgIpc) is 2.89. The van der Waals surface area contributed by atoms with Gasteiger partial charge in [0.2, 0.25) is 21.8 Å². The Balaban J connectivity index is 2.07. The lowest BCUT2D eigenvalue weighted by atomic mass is 10.0. The summed E-state index contributed by atoms with van der Waals surface area (Å²) in [5.74, 6) is -2.10. The van der Waals surface area contributed by atoms with Crippen molar-refractivity contribution in [3.8, 4) is 0 Å². The first kappa shape index (κ1) is 30.6. The van der Waals surface area contributed by atoms with Gasteiger partial charge in [-0.3, -0.25) is 13.9 Å². The molecule has 1 N–H and O–H groups in total. The lowest BCUT2D eigenvalue weighted by molar-refractivity contribution is -0.140. The summed E-state index contributed by atoms with van der Waals surface area (Å²) in [5.41, 5.74) is -0.723. The topological polar surface area (TPSA) is 86.8 Å². The number of hydrogen-bond donors (Lipinski definition) is 1. The third-order valence-electron chi connectivity index (χ3n) is 6.06. The summed E-state index contributed by atoms with van der Waals surface area (Å²) in [4.78, 5) is 28.1. The van der Waals surface area contributed by atoms with E-state index in [1.807, 2.05) is 0 Å². The summed E-state index contributed by atoms with van der Waals surface area (Å²) in [5, 5.41) is 2.66. The number of amides is 2. The van der Waals surface area contributed by atoms with Crippen LogP contribution in [0.5, 0.6) is 0 Å². The van der Waals surface area contributed by atoms with Crippen molar-refractivity contribution in [1.29, 1.82) is 0 Å². The highest BCUT2D eigenvalue weighted by Crippen LogP contribution is 2.32. The highest BCUT2D eigenvalue weighted by Gasteiger charge is 2.35. The van der Waals surface area contributed by atoms with Gasteiger partial charge in [0.15, 0.2) is 0 Å². The predicted octanol–water partition coefficient (Wildman–Crippen LogP) is 4.39. The Hall–Kier alpha value is -3.93. The molecule has 0 aliphatic heterocycles. The Morgan fingerprint density at radius 3 is 2.20 bits per heavy atom. The van der Waals surface area contributed by atoms with E-state index in [0.717, 1.165) is 29.4 Å². The number of sulfonamides is 1. The zero-order valence-corrected chi connectivity index (χ0v) is 22.7. The second-order valence-electron chi connectivity index (χ2n) is 9.03. The predicted molar refractivity (Wildman–Crippen MR) is 143 cm³/mol. The molecule has 0 saturated heterocycles. The summed E-state index contributed by atoms with van der Waals surface area (Å²) in [7, 11) is -4.26. The second kappa shape index (κ2) is 12.9. The van der Waals surface area contributed by atoms with E-state index in [-0.39, 0.29) is 30.8 Å². The van der Waals surface area contributed by atoms with E-state index in [9.17, 15) is 35.6 Å². The molecule has 0 bridgehead atoms. The summed E-state index contributed by atoms with van der Waals surface area (Å²) in [6.45, 7) is 0.602. The number of likely N-dealkylation sites (N-methyl/N-ethyl adjacent to an activating group) is 1. The maximum atomic E-state index is 14.7. The van der Waals surface area contributed by atoms with Crippen LogP contribution in [0, 0.1) is 5.82 Å². The molecule has 214 valence electrons. The minimum absolute atomic E-state index is 0.0231. The lowest BCUT2D eigenvalue weighted by Gasteiger charge is -2.33.